The van der Waals surface area contributed by atoms with E-state index < -0.39 is 6.09 Å². The second kappa shape index (κ2) is 7.62. The summed E-state index contributed by atoms with van der Waals surface area (Å²) < 4.78 is 4.89. The average molecular weight is 396 g/mol. The predicted octanol–water partition coefficient (Wildman–Crippen LogP) is 1.94. The van der Waals surface area contributed by atoms with Crippen molar-refractivity contribution in [3.8, 4) is 0 Å². The molecule has 1 N–H and O–H groups in total. The van der Waals surface area contributed by atoms with Crippen molar-refractivity contribution in [3.63, 3.8) is 0 Å². The van der Waals surface area contributed by atoms with Gasteiger partial charge in [0.1, 0.15) is 18.8 Å². The molecule has 29 heavy (non-hydrogen) atoms. The minimum absolute atomic E-state index is 0.0534. The Labute approximate surface area is 168 Å². The molecule has 2 aliphatic heterocycles. The highest BCUT2D eigenvalue weighted by molar-refractivity contribution is 5.98. The molecule has 1 aromatic heterocycles. The van der Waals surface area contributed by atoms with Gasteiger partial charge in [-0.1, -0.05) is 18.2 Å². The molecule has 0 saturated carbocycles. The second-order valence-corrected chi connectivity index (χ2v) is 7.55. The number of aromatic amines is 1. The van der Waals surface area contributed by atoms with Crippen LogP contribution in [0.1, 0.15) is 22.5 Å². The van der Waals surface area contributed by atoms with Crippen molar-refractivity contribution in [1.82, 2.24) is 19.7 Å². The van der Waals surface area contributed by atoms with Gasteiger partial charge in [0.05, 0.1) is 6.54 Å². The summed E-state index contributed by atoms with van der Waals surface area (Å²) in [5, 5.41) is 0.968. The number of cyclic esters (lactones) is 1. The number of amides is 3. The van der Waals surface area contributed by atoms with E-state index >= 15 is 0 Å². The van der Waals surface area contributed by atoms with E-state index in [0.717, 1.165) is 28.5 Å². The van der Waals surface area contributed by atoms with Gasteiger partial charge in [0.25, 0.3) is 5.91 Å². The van der Waals surface area contributed by atoms with Gasteiger partial charge in [0.15, 0.2) is 0 Å². The van der Waals surface area contributed by atoms with Crippen LogP contribution in [0.5, 0.6) is 0 Å². The molecular weight excluding hydrogens is 372 g/mol. The highest BCUT2D eigenvalue weighted by atomic mass is 16.6. The van der Waals surface area contributed by atoms with Crippen LogP contribution >= 0.6 is 0 Å². The number of nitrogens with one attached hydrogen (secondary N) is 1. The fourth-order valence-electron chi connectivity index (χ4n) is 3.68. The summed E-state index contributed by atoms with van der Waals surface area (Å²) in [6, 6.07) is 7.86. The number of hydrogen-bond donors (Lipinski definition) is 1. The van der Waals surface area contributed by atoms with Gasteiger partial charge in [0, 0.05) is 38.1 Å². The maximum absolute atomic E-state index is 12.6. The molecule has 1 saturated heterocycles. The molecule has 0 atom stereocenters. The molecule has 3 heterocycles. The van der Waals surface area contributed by atoms with Crippen molar-refractivity contribution < 1.29 is 19.1 Å². The van der Waals surface area contributed by atoms with Crippen molar-refractivity contribution >= 4 is 34.4 Å². The first-order valence-electron chi connectivity index (χ1n) is 9.65. The van der Waals surface area contributed by atoms with Crippen LogP contribution in [-0.4, -0.2) is 84.5 Å². The van der Waals surface area contributed by atoms with Gasteiger partial charge in [-0.05, 0) is 29.7 Å². The summed E-state index contributed by atoms with van der Waals surface area (Å²) >= 11 is 0. The van der Waals surface area contributed by atoms with E-state index in [-0.39, 0.29) is 18.4 Å². The van der Waals surface area contributed by atoms with Crippen molar-refractivity contribution in [2.75, 3.05) is 46.9 Å². The van der Waals surface area contributed by atoms with Gasteiger partial charge in [-0.3, -0.25) is 14.5 Å². The summed E-state index contributed by atoms with van der Waals surface area (Å²) in [7, 11) is 3.44. The Morgan fingerprint density at radius 3 is 2.76 bits per heavy atom. The number of aromatic nitrogens is 1. The van der Waals surface area contributed by atoms with E-state index in [0.29, 0.717) is 31.9 Å². The number of fused-ring (bicyclic) bond motifs is 1. The van der Waals surface area contributed by atoms with E-state index in [2.05, 4.69) is 11.1 Å². The quantitative estimate of drug-likeness (QED) is 0.856. The lowest BCUT2D eigenvalue weighted by Crippen LogP contribution is -2.42. The van der Waals surface area contributed by atoms with Crippen molar-refractivity contribution in [2.45, 2.75) is 6.42 Å². The Kier molecular flexibility index (Phi) is 5.00. The molecule has 2 aliphatic rings. The first kappa shape index (κ1) is 19.0. The average Bonchev–Trinajstić information content (AvgIpc) is 3.32. The van der Waals surface area contributed by atoms with Gasteiger partial charge in [-0.25, -0.2) is 4.79 Å². The monoisotopic (exact) mass is 396 g/mol. The lowest BCUT2D eigenvalue weighted by Gasteiger charge is -2.29. The van der Waals surface area contributed by atoms with Gasteiger partial charge in [0.2, 0.25) is 5.91 Å². The molecule has 152 valence electrons. The van der Waals surface area contributed by atoms with Crippen LogP contribution < -0.4 is 0 Å². The standard InChI is InChI=1S/C21H24N4O4/c1-23(2)20(27)18-11-15-6-5-14(10-17(15)22-18)16-4-3-7-24(12-16)19(26)13-25-8-9-29-21(25)28/h4-6,10-11,22H,3,7-9,12-13H2,1-2H3. The SMILES string of the molecule is CN(C)C(=O)c1cc2ccc(C3=CCCN(C(=O)CN4CCOC4=O)C3)cc2[nH]1. The summed E-state index contributed by atoms with van der Waals surface area (Å²) in [4.78, 5) is 44.3. The highest BCUT2D eigenvalue weighted by Crippen LogP contribution is 2.25. The maximum Gasteiger partial charge on any atom is 0.410 e. The fraction of sp³-hybridized carbons (Fsp3) is 0.381. The number of carbonyl (C=O) groups is 3. The maximum atomic E-state index is 12.6. The number of ether oxygens (including phenoxy) is 1. The van der Waals surface area contributed by atoms with Gasteiger partial charge in [-0.2, -0.15) is 0 Å². The topological polar surface area (TPSA) is 85.9 Å². The van der Waals surface area contributed by atoms with Crippen molar-refractivity contribution in [2.24, 2.45) is 0 Å². The number of nitrogens with zero attached hydrogens (tertiary/aromatic N) is 3. The van der Waals surface area contributed by atoms with Crippen LogP contribution in [0.2, 0.25) is 0 Å². The van der Waals surface area contributed by atoms with Crippen LogP contribution in [0.25, 0.3) is 16.5 Å². The highest BCUT2D eigenvalue weighted by Gasteiger charge is 2.27. The van der Waals surface area contributed by atoms with Crippen LogP contribution in [0.15, 0.2) is 30.3 Å². The molecule has 1 fully saturated rings. The van der Waals surface area contributed by atoms with E-state index in [1.54, 1.807) is 19.0 Å². The third-order valence-corrected chi connectivity index (χ3v) is 5.30. The summed E-state index contributed by atoms with van der Waals surface area (Å²) in [5.74, 6) is -0.147. The van der Waals surface area contributed by atoms with Gasteiger partial charge < -0.3 is 19.5 Å². The Morgan fingerprint density at radius 2 is 2.03 bits per heavy atom. The molecule has 4 rings (SSSR count). The molecule has 0 unspecified atom stereocenters. The van der Waals surface area contributed by atoms with E-state index in [9.17, 15) is 14.4 Å². The van der Waals surface area contributed by atoms with Crippen LogP contribution in [0, 0.1) is 0 Å². The molecule has 1 aromatic carbocycles. The van der Waals surface area contributed by atoms with E-state index in [1.165, 1.54) is 9.80 Å². The lowest BCUT2D eigenvalue weighted by atomic mass is 10.00. The number of hydrogen-bond acceptors (Lipinski definition) is 4. The predicted molar refractivity (Wildman–Crippen MR) is 108 cm³/mol. The third-order valence-electron chi connectivity index (χ3n) is 5.30. The molecule has 2 aromatic rings. The van der Waals surface area contributed by atoms with Gasteiger partial charge in [-0.15, -0.1) is 0 Å². The zero-order valence-electron chi connectivity index (χ0n) is 16.6. The third kappa shape index (κ3) is 3.83. The van der Waals surface area contributed by atoms with Crippen LogP contribution in [0.3, 0.4) is 0 Å². The Morgan fingerprint density at radius 1 is 1.21 bits per heavy atom. The fourth-order valence-corrected chi connectivity index (χ4v) is 3.68. The smallest absolute Gasteiger partial charge is 0.410 e. The minimum atomic E-state index is -0.425. The number of carbonyl (C=O) groups excluding carboxylic acids is 3. The molecule has 0 spiro atoms. The summed E-state index contributed by atoms with van der Waals surface area (Å²) in [6.45, 7) is 1.98. The lowest BCUT2D eigenvalue weighted by molar-refractivity contribution is -0.131. The van der Waals surface area contributed by atoms with Crippen LogP contribution in [0.4, 0.5) is 4.79 Å². The molecule has 0 bridgehead atoms. The summed E-state index contributed by atoms with van der Waals surface area (Å²) in [6.07, 6.45) is 2.48. The number of H-pyrrole nitrogens is 1. The molecule has 3 amide bonds. The Balaban J connectivity index is 1.49. The molecular formula is C21H24N4O4. The Bertz CT molecular complexity index is 1010. The molecule has 0 radical (unpaired) electrons. The number of rotatable bonds is 4. The minimum Gasteiger partial charge on any atom is -0.448 e. The van der Waals surface area contributed by atoms with E-state index in [4.69, 9.17) is 4.74 Å². The first-order valence-corrected chi connectivity index (χ1v) is 9.65. The normalized spacial score (nSPS) is 16.8. The van der Waals surface area contributed by atoms with Crippen molar-refractivity contribution in [3.05, 3.63) is 41.6 Å². The molecule has 8 nitrogen and oxygen atoms in total. The summed E-state index contributed by atoms with van der Waals surface area (Å²) in [5.41, 5.74) is 3.51. The number of benzene rings is 1. The van der Waals surface area contributed by atoms with Crippen LogP contribution in [-0.2, 0) is 9.53 Å². The zero-order chi connectivity index (χ0) is 20.5. The Hall–Kier alpha value is -3.29. The zero-order valence-corrected chi connectivity index (χ0v) is 16.6. The molecule has 8 heteroatoms. The largest absolute Gasteiger partial charge is 0.448 e. The van der Waals surface area contributed by atoms with E-state index in [1.807, 2.05) is 24.3 Å². The molecule has 0 aliphatic carbocycles. The van der Waals surface area contributed by atoms with Gasteiger partial charge >= 0.3 is 6.09 Å². The second-order valence-electron chi connectivity index (χ2n) is 7.55. The van der Waals surface area contributed by atoms with Crippen molar-refractivity contribution in [1.29, 1.82) is 0 Å². The first-order chi connectivity index (χ1) is 13.9.